The van der Waals surface area contributed by atoms with E-state index in [4.69, 9.17) is 5.11 Å². The molecule has 2 rings (SSSR count). The molecule has 1 saturated carbocycles. The van der Waals surface area contributed by atoms with Crippen LogP contribution in [-0.4, -0.2) is 63.6 Å². The largest absolute Gasteiger partial charge is 0.481 e. The Morgan fingerprint density at radius 1 is 1.44 bits per heavy atom. The van der Waals surface area contributed by atoms with Gasteiger partial charge in [-0.3, -0.25) is 4.79 Å². The van der Waals surface area contributed by atoms with Crippen LogP contribution in [0.4, 0.5) is 4.79 Å². The minimum absolute atomic E-state index is 0.0338. The van der Waals surface area contributed by atoms with Gasteiger partial charge in [0.05, 0.1) is 12.5 Å². The van der Waals surface area contributed by atoms with E-state index in [1.54, 1.807) is 16.7 Å². The standard InChI is InChI=1S/C12H20N2O3S/c1-2-13(9-3-4-9)12(17)14-5-6-18-8-10(14)7-11(15)16/h9-10H,2-8H2,1H3,(H,15,16). The fraction of sp³-hybridized carbons (Fsp3) is 0.833. The molecular weight excluding hydrogens is 252 g/mol. The Bertz CT molecular complexity index is 333. The second kappa shape index (κ2) is 5.82. The van der Waals surface area contributed by atoms with Gasteiger partial charge in [0.2, 0.25) is 0 Å². The number of urea groups is 1. The molecule has 1 heterocycles. The summed E-state index contributed by atoms with van der Waals surface area (Å²) < 4.78 is 0. The molecule has 2 fully saturated rings. The first-order valence-electron chi connectivity index (χ1n) is 6.50. The highest BCUT2D eigenvalue weighted by Crippen LogP contribution is 2.29. The molecule has 18 heavy (non-hydrogen) atoms. The Morgan fingerprint density at radius 3 is 2.72 bits per heavy atom. The second-order valence-corrected chi connectivity index (χ2v) is 5.97. The van der Waals surface area contributed by atoms with Crippen molar-refractivity contribution in [1.82, 2.24) is 9.80 Å². The van der Waals surface area contributed by atoms with Gasteiger partial charge in [-0.25, -0.2) is 4.79 Å². The summed E-state index contributed by atoms with van der Waals surface area (Å²) in [7, 11) is 0. The zero-order valence-electron chi connectivity index (χ0n) is 10.7. The van der Waals surface area contributed by atoms with E-state index in [1.807, 2.05) is 11.8 Å². The van der Waals surface area contributed by atoms with Crippen molar-refractivity contribution in [3.8, 4) is 0 Å². The summed E-state index contributed by atoms with van der Waals surface area (Å²) in [6.45, 7) is 3.37. The number of hydrogen-bond donors (Lipinski definition) is 1. The van der Waals surface area contributed by atoms with Crippen LogP contribution in [0.15, 0.2) is 0 Å². The molecule has 1 unspecified atom stereocenters. The SMILES string of the molecule is CCN(C(=O)N1CCSCC1CC(=O)O)C1CC1. The predicted molar refractivity (Wildman–Crippen MR) is 70.9 cm³/mol. The van der Waals surface area contributed by atoms with Crippen molar-refractivity contribution in [2.45, 2.75) is 38.3 Å². The van der Waals surface area contributed by atoms with Gasteiger partial charge in [-0.2, -0.15) is 11.8 Å². The number of carbonyl (C=O) groups excluding carboxylic acids is 1. The van der Waals surface area contributed by atoms with Gasteiger partial charge in [0.1, 0.15) is 0 Å². The third-order valence-electron chi connectivity index (χ3n) is 3.46. The summed E-state index contributed by atoms with van der Waals surface area (Å²) in [5.41, 5.74) is 0. The van der Waals surface area contributed by atoms with Crippen molar-refractivity contribution in [2.75, 3.05) is 24.6 Å². The van der Waals surface area contributed by atoms with Crippen molar-refractivity contribution in [3.05, 3.63) is 0 Å². The summed E-state index contributed by atoms with van der Waals surface area (Å²) >= 11 is 1.73. The van der Waals surface area contributed by atoms with E-state index < -0.39 is 5.97 Å². The van der Waals surface area contributed by atoms with E-state index in [-0.39, 0.29) is 18.5 Å². The van der Waals surface area contributed by atoms with Crippen LogP contribution >= 0.6 is 11.8 Å². The minimum Gasteiger partial charge on any atom is -0.481 e. The molecule has 5 nitrogen and oxygen atoms in total. The molecule has 6 heteroatoms. The van der Waals surface area contributed by atoms with Gasteiger partial charge >= 0.3 is 12.0 Å². The number of rotatable bonds is 4. The lowest BCUT2D eigenvalue weighted by atomic mass is 10.2. The monoisotopic (exact) mass is 272 g/mol. The quantitative estimate of drug-likeness (QED) is 0.842. The lowest BCUT2D eigenvalue weighted by Gasteiger charge is -2.38. The average molecular weight is 272 g/mol. The Labute approximate surface area is 112 Å². The first-order valence-corrected chi connectivity index (χ1v) is 7.65. The van der Waals surface area contributed by atoms with Crippen LogP contribution in [0.25, 0.3) is 0 Å². The molecule has 0 bridgehead atoms. The topological polar surface area (TPSA) is 60.9 Å². The molecule has 0 aromatic heterocycles. The number of thioether (sulfide) groups is 1. The number of nitrogens with zero attached hydrogens (tertiary/aromatic N) is 2. The predicted octanol–water partition coefficient (Wildman–Crippen LogP) is 1.48. The number of carboxylic acids is 1. The molecule has 0 spiro atoms. The summed E-state index contributed by atoms with van der Waals surface area (Å²) in [4.78, 5) is 27.0. The number of hydrogen-bond acceptors (Lipinski definition) is 3. The molecule has 1 aliphatic heterocycles. The molecule has 0 radical (unpaired) electrons. The van der Waals surface area contributed by atoms with Crippen LogP contribution in [0, 0.1) is 0 Å². The van der Waals surface area contributed by atoms with E-state index in [2.05, 4.69) is 0 Å². The van der Waals surface area contributed by atoms with Gasteiger partial charge in [-0.05, 0) is 19.8 Å². The van der Waals surface area contributed by atoms with E-state index >= 15 is 0 Å². The Kier molecular flexibility index (Phi) is 4.37. The molecule has 2 aliphatic rings. The molecule has 0 aromatic carbocycles. The van der Waals surface area contributed by atoms with Gasteiger partial charge in [0, 0.05) is 30.6 Å². The van der Waals surface area contributed by atoms with Crippen LogP contribution in [0.3, 0.4) is 0 Å². The van der Waals surface area contributed by atoms with Gasteiger partial charge in [0.25, 0.3) is 0 Å². The smallest absolute Gasteiger partial charge is 0.320 e. The number of carboxylic acid groups (broad SMARTS) is 1. The maximum atomic E-state index is 12.5. The summed E-state index contributed by atoms with van der Waals surface area (Å²) in [5, 5.41) is 8.92. The molecule has 1 atom stereocenters. The molecule has 1 N–H and O–H groups in total. The van der Waals surface area contributed by atoms with Crippen LogP contribution in [0.1, 0.15) is 26.2 Å². The van der Waals surface area contributed by atoms with Crippen molar-refractivity contribution in [1.29, 1.82) is 0 Å². The number of carbonyl (C=O) groups is 2. The minimum atomic E-state index is -0.824. The fourth-order valence-electron chi connectivity index (χ4n) is 2.38. The van der Waals surface area contributed by atoms with Crippen LogP contribution in [0.2, 0.25) is 0 Å². The van der Waals surface area contributed by atoms with Gasteiger partial charge in [0.15, 0.2) is 0 Å². The van der Waals surface area contributed by atoms with E-state index in [0.29, 0.717) is 19.1 Å². The highest BCUT2D eigenvalue weighted by atomic mass is 32.2. The first kappa shape index (κ1) is 13.5. The third-order valence-corrected chi connectivity index (χ3v) is 4.55. The van der Waals surface area contributed by atoms with Gasteiger partial charge < -0.3 is 14.9 Å². The Balaban J connectivity index is 2.02. The van der Waals surface area contributed by atoms with Crippen molar-refractivity contribution in [2.24, 2.45) is 0 Å². The lowest BCUT2D eigenvalue weighted by Crippen LogP contribution is -2.53. The van der Waals surface area contributed by atoms with Crippen LogP contribution in [-0.2, 0) is 4.79 Å². The van der Waals surface area contributed by atoms with Crippen molar-refractivity contribution < 1.29 is 14.7 Å². The van der Waals surface area contributed by atoms with Gasteiger partial charge in [-0.15, -0.1) is 0 Å². The highest BCUT2D eigenvalue weighted by molar-refractivity contribution is 7.99. The van der Waals surface area contributed by atoms with Crippen molar-refractivity contribution in [3.63, 3.8) is 0 Å². The highest BCUT2D eigenvalue weighted by Gasteiger charge is 2.37. The molecule has 1 saturated heterocycles. The molecule has 0 aromatic rings. The molecule has 102 valence electrons. The van der Waals surface area contributed by atoms with Gasteiger partial charge in [-0.1, -0.05) is 0 Å². The third kappa shape index (κ3) is 3.10. The van der Waals surface area contributed by atoms with E-state index in [0.717, 1.165) is 24.3 Å². The molecule has 1 aliphatic carbocycles. The summed E-state index contributed by atoms with van der Waals surface area (Å²) in [6, 6.07) is 0.274. The maximum absolute atomic E-state index is 12.5. The van der Waals surface area contributed by atoms with E-state index in [1.165, 1.54) is 0 Å². The number of amides is 2. The zero-order chi connectivity index (χ0) is 13.1. The van der Waals surface area contributed by atoms with Crippen LogP contribution in [0.5, 0.6) is 0 Å². The Hall–Kier alpha value is -0.910. The molecule has 2 amide bonds. The second-order valence-electron chi connectivity index (χ2n) is 4.82. The average Bonchev–Trinajstić information content (AvgIpc) is 3.14. The zero-order valence-corrected chi connectivity index (χ0v) is 11.5. The van der Waals surface area contributed by atoms with Crippen LogP contribution < -0.4 is 0 Å². The first-order chi connectivity index (χ1) is 8.63. The molecular formula is C12H20N2O3S. The maximum Gasteiger partial charge on any atom is 0.320 e. The van der Waals surface area contributed by atoms with Crippen molar-refractivity contribution >= 4 is 23.8 Å². The Morgan fingerprint density at radius 2 is 2.17 bits per heavy atom. The summed E-state index contributed by atoms with van der Waals surface area (Å²) in [5.74, 6) is 0.819. The van der Waals surface area contributed by atoms with E-state index in [9.17, 15) is 9.59 Å². The number of aliphatic carboxylic acids is 1. The summed E-state index contributed by atoms with van der Waals surface area (Å²) in [6.07, 6.45) is 2.23. The normalized spacial score (nSPS) is 23.8. The fourth-order valence-corrected chi connectivity index (χ4v) is 3.44. The lowest BCUT2D eigenvalue weighted by molar-refractivity contribution is -0.138.